The third kappa shape index (κ3) is 5.49. The van der Waals surface area contributed by atoms with Crippen LogP contribution in [0.4, 0.5) is 0 Å². The number of carboxylic acid groups (broad SMARTS) is 2. The summed E-state index contributed by atoms with van der Waals surface area (Å²) in [5, 5.41) is 21.3. The van der Waals surface area contributed by atoms with Crippen LogP contribution in [0.5, 0.6) is 0 Å². The highest BCUT2D eigenvalue weighted by atomic mass is 16.6. The van der Waals surface area contributed by atoms with Crippen LogP contribution >= 0.6 is 0 Å². The molecule has 7 heteroatoms. The molecule has 0 aliphatic heterocycles. The Balaban J connectivity index is 1.93. The molecule has 2 atom stereocenters. The van der Waals surface area contributed by atoms with Crippen molar-refractivity contribution >= 4 is 17.9 Å². The van der Waals surface area contributed by atoms with Gasteiger partial charge in [0.15, 0.2) is 0 Å². The molecule has 3 N–H and O–H groups in total. The van der Waals surface area contributed by atoms with E-state index in [9.17, 15) is 19.5 Å². The van der Waals surface area contributed by atoms with Gasteiger partial charge in [0.05, 0.1) is 0 Å². The van der Waals surface area contributed by atoms with Crippen molar-refractivity contribution in [3.8, 4) is 11.1 Å². The van der Waals surface area contributed by atoms with Gasteiger partial charge in [-0.1, -0.05) is 42.5 Å². The lowest BCUT2D eigenvalue weighted by Crippen LogP contribution is -2.44. The molecule has 0 spiro atoms. The maximum Gasteiger partial charge on any atom is 0.328 e. The van der Waals surface area contributed by atoms with Crippen molar-refractivity contribution in [2.75, 3.05) is 0 Å². The first-order valence-corrected chi connectivity index (χ1v) is 10.2. The Morgan fingerprint density at radius 1 is 1.03 bits per heavy atom. The molecule has 0 radical (unpaired) electrons. The molecule has 1 aliphatic carbocycles. The number of benzene rings is 2. The van der Waals surface area contributed by atoms with Gasteiger partial charge in [-0.05, 0) is 61.4 Å². The quantitative estimate of drug-likeness (QED) is 0.473. The van der Waals surface area contributed by atoms with Crippen LogP contribution in [-0.2, 0) is 25.5 Å². The molecule has 0 amide bonds. The molecule has 0 fully saturated rings. The van der Waals surface area contributed by atoms with Crippen LogP contribution in [0.3, 0.4) is 0 Å². The molecule has 3 rings (SSSR count). The third-order valence-electron chi connectivity index (χ3n) is 5.11. The largest absolute Gasteiger partial charge is 0.481 e. The summed E-state index contributed by atoms with van der Waals surface area (Å²) in [6.07, 6.45) is 0.243. The zero-order chi connectivity index (χ0) is 22.8. The van der Waals surface area contributed by atoms with E-state index in [0.717, 1.165) is 23.1 Å². The molecule has 2 aromatic carbocycles. The molecule has 2 aromatic rings. The van der Waals surface area contributed by atoms with E-state index in [-0.39, 0.29) is 12.8 Å². The lowest BCUT2D eigenvalue weighted by molar-refractivity contribution is -0.158. The molecule has 7 nitrogen and oxygen atoms in total. The Morgan fingerprint density at radius 3 is 2.35 bits per heavy atom. The number of fused-ring (bicyclic) bond motifs is 3. The summed E-state index contributed by atoms with van der Waals surface area (Å²) in [7, 11) is 0. The monoisotopic (exact) mass is 425 g/mol. The first-order chi connectivity index (χ1) is 14.5. The summed E-state index contributed by atoms with van der Waals surface area (Å²) in [5.41, 5.74) is 4.30. The molecule has 1 unspecified atom stereocenters. The predicted octanol–water partition coefficient (Wildman–Crippen LogP) is 3.55. The number of hydrogen-bond acceptors (Lipinski definition) is 5. The van der Waals surface area contributed by atoms with Gasteiger partial charge in [0.2, 0.25) is 0 Å². The zero-order valence-electron chi connectivity index (χ0n) is 17.8. The lowest BCUT2D eigenvalue weighted by atomic mass is 9.98. The number of rotatable bonds is 8. The van der Waals surface area contributed by atoms with Gasteiger partial charge in [-0.2, -0.15) is 0 Å². The van der Waals surface area contributed by atoms with Crippen molar-refractivity contribution in [2.45, 2.75) is 57.7 Å². The fourth-order valence-corrected chi connectivity index (χ4v) is 3.75. The van der Waals surface area contributed by atoms with Crippen LogP contribution in [0.15, 0.2) is 42.5 Å². The van der Waals surface area contributed by atoms with Gasteiger partial charge in [-0.25, -0.2) is 4.79 Å². The fraction of sp³-hybridized carbons (Fsp3) is 0.375. The number of ether oxygens (including phenoxy) is 1. The predicted molar refractivity (Wildman–Crippen MR) is 115 cm³/mol. The second-order valence-corrected chi connectivity index (χ2v) is 8.71. The van der Waals surface area contributed by atoms with Crippen molar-refractivity contribution in [1.82, 2.24) is 5.32 Å². The molecular weight excluding hydrogens is 398 g/mol. The van der Waals surface area contributed by atoms with Crippen molar-refractivity contribution in [3.63, 3.8) is 0 Å². The molecule has 164 valence electrons. The van der Waals surface area contributed by atoms with Crippen LogP contribution < -0.4 is 5.32 Å². The Hall–Kier alpha value is -3.19. The average molecular weight is 425 g/mol. The maximum atomic E-state index is 13.0. The minimum absolute atomic E-state index is 0.152. The molecular formula is C24H27NO6. The van der Waals surface area contributed by atoms with Crippen LogP contribution in [0.25, 0.3) is 11.1 Å². The topological polar surface area (TPSA) is 113 Å². The minimum atomic E-state index is -1.22. The van der Waals surface area contributed by atoms with E-state index in [0.29, 0.717) is 5.56 Å². The Kier molecular flexibility index (Phi) is 6.45. The highest BCUT2D eigenvalue weighted by Gasteiger charge is 2.32. The van der Waals surface area contributed by atoms with Crippen LogP contribution in [0, 0.1) is 0 Å². The SMILES string of the molecule is CC(C)(C)OC(=O)C(N[C@@H](CCC(=O)O)C(=O)O)c1ccc2c(c1)Cc1ccccc1-2. The Labute approximate surface area is 181 Å². The number of nitrogens with one attached hydrogen (secondary N) is 1. The molecule has 0 heterocycles. The van der Waals surface area contributed by atoms with Crippen molar-refractivity contribution in [3.05, 3.63) is 59.2 Å². The highest BCUT2D eigenvalue weighted by molar-refractivity contribution is 5.82. The number of esters is 1. The summed E-state index contributed by atoms with van der Waals surface area (Å²) in [5.74, 6) is -2.93. The highest BCUT2D eigenvalue weighted by Crippen LogP contribution is 2.37. The normalized spacial score (nSPS) is 14.3. The summed E-state index contributed by atoms with van der Waals surface area (Å²) < 4.78 is 5.53. The van der Waals surface area contributed by atoms with E-state index in [1.54, 1.807) is 26.8 Å². The molecule has 31 heavy (non-hydrogen) atoms. The number of carboxylic acids is 2. The third-order valence-corrected chi connectivity index (χ3v) is 5.11. The fourth-order valence-electron chi connectivity index (χ4n) is 3.75. The average Bonchev–Trinajstić information content (AvgIpc) is 3.03. The zero-order valence-corrected chi connectivity index (χ0v) is 17.8. The Morgan fingerprint density at radius 2 is 1.71 bits per heavy atom. The van der Waals surface area contributed by atoms with Crippen LogP contribution in [-0.4, -0.2) is 39.8 Å². The summed E-state index contributed by atoms with van der Waals surface area (Å²) >= 11 is 0. The first-order valence-electron chi connectivity index (χ1n) is 10.2. The van der Waals surface area contributed by atoms with Crippen molar-refractivity contribution < 1.29 is 29.3 Å². The van der Waals surface area contributed by atoms with Gasteiger partial charge < -0.3 is 14.9 Å². The van der Waals surface area contributed by atoms with Crippen molar-refractivity contribution in [1.29, 1.82) is 0 Å². The van der Waals surface area contributed by atoms with Gasteiger partial charge in [0.1, 0.15) is 17.7 Å². The van der Waals surface area contributed by atoms with Gasteiger partial charge in [-0.3, -0.25) is 14.9 Å². The first kappa shape index (κ1) is 22.5. The van der Waals surface area contributed by atoms with E-state index < -0.39 is 35.6 Å². The van der Waals surface area contributed by atoms with Crippen LogP contribution in [0.2, 0.25) is 0 Å². The van der Waals surface area contributed by atoms with Gasteiger partial charge >= 0.3 is 17.9 Å². The lowest BCUT2D eigenvalue weighted by Gasteiger charge is -2.27. The number of hydrogen-bond donors (Lipinski definition) is 3. The van der Waals surface area contributed by atoms with E-state index in [4.69, 9.17) is 9.84 Å². The van der Waals surface area contributed by atoms with Gasteiger partial charge in [0, 0.05) is 6.42 Å². The molecule has 0 aromatic heterocycles. The number of carbonyl (C=O) groups excluding carboxylic acids is 1. The smallest absolute Gasteiger partial charge is 0.328 e. The van der Waals surface area contributed by atoms with Gasteiger partial charge in [-0.15, -0.1) is 0 Å². The second-order valence-electron chi connectivity index (χ2n) is 8.71. The summed E-state index contributed by atoms with van der Waals surface area (Å²) in [4.78, 5) is 35.6. The number of carbonyl (C=O) groups is 3. The second kappa shape index (κ2) is 8.89. The van der Waals surface area contributed by atoms with Crippen LogP contribution in [0.1, 0.15) is 56.3 Å². The van der Waals surface area contributed by atoms with Gasteiger partial charge in [0.25, 0.3) is 0 Å². The molecule has 0 bridgehead atoms. The van der Waals surface area contributed by atoms with E-state index in [1.165, 1.54) is 5.56 Å². The molecule has 1 aliphatic rings. The molecule has 0 saturated heterocycles. The number of aliphatic carboxylic acids is 2. The minimum Gasteiger partial charge on any atom is -0.481 e. The molecule has 0 saturated carbocycles. The van der Waals surface area contributed by atoms with E-state index >= 15 is 0 Å². The Bertz CT molecular complexity index is 1010. The standard InChI is InChI=1S/C24H27NO6/c1-24(2,3)31-23(30)21(25-19(22(28)29)10-11-20(26)27)15-8-9-18-16(13-15)12-14-6-4-5-7-17(14)18/h4-9,13,19,21,25H,10-12H2,1-3H3,(H,26,27)(H,28,29)/t19-,21?/m0/s1. The van der Waals surface area contributed by atoms with Crippen molar-refractivity contribution in [2.24, 2.45) is 0 Å². The maximum absolute atomic E-state index is 13.0. The summed E-state index contributed by atoms with van der Waals surface area (Å²) in [6, 6.07) is 11.4. The van der Waals surface area contributed by atoms with E-state index in [2.05, 4.69) is 17.4 Å². The van der Waals surface area contributed by atoms with E-state index in [1.807, 2.05) is 24.3 Å². The summed E-state index contributed by atoms with van der Waals surface area (Å²) in [6.45, 7) is 5.21.